The molecule has 4 rings (SSSR count). The summed E-state index contributed by atoms with van der Waals surface area (Å²) in [4.78, 5) is 30.4. The van der Waals surface area contributed by atoms with E-state index in [-0.39, 0.29) is 17.7 Å². The molecule has 0 spiro atoms. The van der Waals surface area contributed by atoms with Gasteiger partial charge < -0.3 is 0 Å². The first kappa shape index (κ1) is 22.7. The Labute approximate surface area is 193 Å². The molecule has 3 amide bonds. The van der Waals surface area contributed by atoms with Crippen molar-refractivity contribution >= 4 is 44.2 Å². The summed E-state index contributed by atoms with van der Waals surface area (Å²) in [5, 5.41) is 3.25. The van der Waals surface area contributed by atoms with Gasteiger partial charge in [0.05, 0.1) is 17.5 Å². The summed E-state index contributed by atoms with van der Waals surface area (Å²) in [6.45, 7) is 6.60. The molecule has 1 aromatic heterocycles. The van der Waals surface area contributed by atoms with Gasteiger partial charge in [0, 0.05) is 35.8 Å². The van der Waals surface area contributed by atoms with E-state index in [1.807, 2.05) is 24.3 Å². The van der Waals surface area contributed by atoms with Crippen LogP contribution in [-0.2, 0) is 20.2 Å². The van der Waals surface area contributed by atoms with E-state index in [1.54, 1.807) is 23.2 Å². The van der Waals surface area contributed by atoms with E-state index in [4.69, 9.17) is 0 Å². The van der Waals surface area contributed by atoms with Gasteiger partial charge in [0.2, 0.25) is 15.9 Å². The summed E-state index contributed by atoms with van der Waals surface area (Å²) in [5.74, 6) is -0.281. The standard InChI is InChI=1S/C24H26N4O4S/c1-24(2,3)18-12-16-11-17(15-5-7-19(8-6-15)27-33(4,31)32)14-25-22(16)20(13-18)28-10-9-21(29)26-23(28)30/h5-8,11-14,27H,9-10H2,1-4H3,(H,26,29,30). The summed E-state index contributed by atoms with van der Waals surface area (Å²) < 4.78 is 25.3. The third kappa shape index (κ3) is 4.98. The lowest BCUT2D eigenvalue weighted by Crippen LogP contribution is -2.49. The lowest BCUT2D eigenvalue weighted by atomic mass is 9.85. The highest BCUT2D eigenvalue weighted by Crippen LogP contribution is 2.35. The number of benzene rings is 2. The van der Waals surface area contributed by atoms with Crippen LogP contribution in [0.1, 0.15) is 32.8 Å². The van der Waals surface area contributed by atoms with Gasteiger partial charge in [0.1, 0.15) is 0 Å². The summed E-state index contributed by atoms with van der Waals surface area (Å²) in [6.07, 6.45) is 3.07. The number of carbonyl (C=O) groups is 2. The summed E-state index contributed by atoms with van der Waals surface area (Å²) in [6, 6.07) is 12.7. The Hall–Kier alpha value is -3.46. The number of aromatic nitrogens is 1. The molecule has 1 aliphatic heterocycles. The van der Waals surface area contributed by atoms with Crippen LogP contribution in [0.2, 0.25) is 0 Å². The first-order chi connectivity index (χ1) is 15.4. The van der Waals surface area contributed by atoms with Crippen LogP contribution in [0.5, 0.6) is 0 Å². The molecule has 33 heavy (non-hydrogen) atoms. The predicted molar refractivity (Wildman–Crippen MR) is 130 cm³/mol. The molecule has 1 fully saturated rings. The van der Waals surface area contributed by atoms with Gasteiger partial charge in [-0.2, -0.15) is 0 Å². The Kier molecular flexibility index (Phi) is 5.61. The fraction of sp³-hybridized carbons (Fsp3) is 0.292. The molecule has 172 valence electrons. The molecule has 0 bridgehead atoms. The highest BCUT2D eigenvalue weighted by atomic mass is 32.2. The van der Waals surface area contributed by atoms with E-state index in [0.717, 1.165) is 28.3 Å². The highest BCUT2D eigenvalue weighted by Gasteiger charge is 2.27. The lowest BCUT2D eigenvalue weighted by Gasteiger charge is -2.29. The summed E-state index contributed by atoms with van der Waals surface area (Å²) in [7, 11) is -3.35. The van der Waals surface area contributed by atoms with Crippen molar-refractivity contribution in [2.75, 3.05) is 22.4 Å². The largest absolute Gasteiger partial charge is 0.328 e. The number of rotatable bonds is 4. The van der Waals surface area contributed by atoms with Crippen molar-refractivity contribution in [3.63, 3.8) is 0 Å². The van der Waals surface area contributed by atoms with Crippen LogP contribution in [-0.4, -0.2) is 38.1 Å². The van der Waals surface area contributed by atoms with Crippen LogP contribution in [0.4, 0.5) is 16.2 Å². The highest BCUT2D eigenvalue weighted by molar-refractivity contribution is 7.92. The number of amides is 3. The number of anilines is 2. The molecule has 2 aromatic carbocycles. The van der Waals surface area contributed by atoms with Crippen LogP contribution >= 0.6 is 0 Å². The Balaban J connectivity index is 1.80. The smallest absolute Gasteiger partial charge is 0.291 e. The second kappa shape index (κ2) is 8.15. The van der Waals surface area contributed by atoms with Crippen molar-refractivity contribution in [2.24, 2.45) is 0 Å². The van der Waals surface area contributed by atoms with Crippen molar-refractivity contribution in [2.45, 2.75) is 32.6 Å². The van der Waals surface area contributed by atoms with Crippen molar-refractivity contribution in [1.82, 2.24) is 10.3 Å². The van der Waals surface area contributed by atoms with Crippen molar-refractivity contribution in [3.8, 4) is 11.1 Å². The number of hydrogen-bond donors (Lipinski definition) is 2. The monoisotopic (exact) mass is 466 g/mol. The van der Waals surface area contributed by atoms with Gasteiger partial charge in [-0.1, -0.05) is 32.9 Å². The lowest BCUT2D eigenvalue weighted by molar-refractivity contribution is -0.120. The quantitative estimate of drug-likeness (QED) is 0.604. The van der Waals surface area contributed by atoms with Crippen LogP contribution in [0, 0.1) is 0 Å². The van der Waals surface area contributed by atoms with Gasteiger partial charge in [-0.3, -0.25) is 24.7 Å². The molecule has 0 aliphatic carbocycles. The predicted octanol–water partition coefficient (Wildman–Crippen LogP) is 4.02. The molecule has 0 saturated carbocycles. The van der Waals surface area contributed by atoms with E-state index < -0.39 is 16.1 Å². The molecule has 8 nitrogen and oxygen atoms in total. The van der Waals surface area contributed by atoms with Gasteiger partial charge in [-0.25, -0.2) is 13.2 Å². The van der Waals surface area contributed by atoms with Crippen LogP contribution in [0.15, 0.2) is 48.7 Å². The van der Waals surface area contributed by atoms with E-state index in [2.05, 4.69) is 41.9 Å². The fourth-order valence-corrected chi connectivity index (χ4v) is 4.33. The fourth-order valence-electron chi connectivity index (χ4n) is 3.77. The van der Waals surface area contributed by atoms with Gasteiger partial charge in [0.25, 0.3) is 0 Å². The Bertz CT molecular complexity index is 1360. The maximum Gasteiger partial charge on any atom is 0.328 e. The number of sulfonamides is 1. The third-order valence-electron chi connectivity index (χ3n) is 5.50. The third-order valence-corrected chi connectivity index (χ3v) is 6.10. The average molecular weight is 467 g/mol. The molecule has 1 saturated heterocycles. The number of nitrogens with zero attached hydrogens (tertiary/aromatic N) is 2. The Morgan fingerprint density at radius 1 is 1.03 bits per heavy atom. The number of fused-ring (bicyclic) bond motifs is 1. The molecule has 9 heteroatoms. The minimum absolute atomic E-state index is 0.167. The van der Waals surface area contributed by atoms with E-state index >= 15 is 0 Å². The summed E-state index contributed by atoms with van der Waals surface area (Å²) in [5.41, 5.74) is 4.45. The minimum atomic E-state index is -3.35. The van der Waals surface area contributed by atoms with E-state index in [1.165, 1.54) is 0 Å². The van der Waals surface area contributed by atoms with Gasteiger partial charge in [-0.05, 0) is 46.9 Å². The average Bonchev–Trinajstić information content (AvgIpc) is 2.71. The second-order valence-electron chi connectivity index (χ2n) is 9.25. The van der Waals surface area contributed by atoms with Crippen molar-refractivity contribution in [3.05, 3.63) is 54.2 Å². The molecule has 1 aliphatic rings. The molecule has 2 N–H and O–H groups in total. The van der Waals surface area contributed by atoms with Crippen LogP contribution < -0.4 is 14.9 Å². The number of urea groups is 1. The zero-order valence-electron chi connectivity index (χ0n) is 19.0. The Morgan fingerprint density at radius 2 is 1.73 bits per heavy atom. The second-order valence-corrected chi connectivity index (χ2v) is 11.0. The number of pyridine rings is 1. The number of nitrogens with one attached hydrogen (secondary N) is 2. The zero-order valence-corrected chi connectivity index (χ0v) is 19.8. The van der Waals surface area contributed by atoms with E-state index in [9.17, 15) is 18.0 Å². The first-order valence-electron chi connectivity index (χ1n) is 10.5. The molecule has 0 radical (unpaired) electrons. The topological polar surface area (TPSA) is 108 Å². The number of imide groups is 1. The minimum Gasteiger partial charge on any atom is -0.291 e. The molecule has 0 unspecified atom stereocenters. The maximum atomic E-state index is 12.5. The Morgan fingerprint density at radius 3 is 2.33 bits per heavy atom. The van der Waals surface area contributed by atoms with Crippen LogP contribution in [0.25, 0.3) is 22.0 Å². The molecule has 0 atom stereocenters. The van der Waals surface area contributed by atoms with Crippen molar-refractivity contribution in [1.29, 1.82) is 0 Å². The number of carbonyl (C=O) groups excluding carboxylic acids is 2. The van der Waals surface area contributed by atoms with E-state index in [0.29, 0.717) is 23.4 Å². The van der Waals surface area contributed by atoms with Gasteiger partial charge >= 0.3 is 6.03 Å². The van der Waals surface area contributed by atoms with Gasteiger partial charge in [-0.15, -0.1) is 0 Å². The van der Waals surface area contributed by atoms with Gasteiger partial charge in [0.15, 0.2) is 0 Å². The normalized spacial score (nSPS) is 15.0. The van der Waals surface area contributed by atoms with Crippen LogP contribution in [0.3, 0.4) is 0 Å². The SMILES string of the molecule is CC(C)(C)c1cc(N2CCC(=O)NC2=O)c2ncc(-c3ccc(NS(C)(=O)=O)cc3)cc2c1. The number of hydrogen-bond acceptors (Lipinski definition) is 5. The molecule has 3 aromatic rings. The zero-order chi connectivity index (χ0) is 24.0. The molecule has 2 heterocycles. The summed E-state index contributed by atoms with van der Waals surface area (Å²) >= 11 is 0. The first-order valence-corrected chi connectivity index (χ1v) is 12.4. The maximum absolute atomic E-state index is 12.5. The molecular weight excluding hydrogens is 440 g/mol. The van der Waals surface area contributed by atoms with Crippen molar-refractivity contribution < 1.29 is 18.0 Å². The molecular formula is C24H26N4O4S.